The Morgan fingerprint density at radius 1 is 1.80 bits per heavy atom. The maximum atomic E-state index is 7.90. The van der Waals surface area contributed by atoms with E-state index in [4.69, 9.17) is 4.80 Å². The van der Waals surface area contributed by atoms with Crippen LogP contribution >= 0.6 is 0 Å². The van der Waals surface area contributed by atoms with Crippen molar-refractivity contribution in [1.82, 2.24) is 0 Å². The fourth-order valence-corrected chi connectivity index (χ4v) is 0. The summed E-state index contributed by atoms with van der Waals surface area (Å²) in [5.74, 6) is 0. The zero-order valence-electron chi connectivity index (χ0n) is 2.44. The quantitative estimate of drug-likeness (QED) is 0.389. The maximum Gasteiger partial charge on any atom is 0.316 e. The molecule has 1 nitrogen and oxygen atoms in total. The summed E-state index contributed by atoms with van der Waals surface area (Å²) in [6.45, 7) is 3.29. The molecule has 0 aromatic carbocycles. The largest absolute Gasteiger partial charge is 0.434 e. The number of hydrogen-bond donors (Lipinski definition) is 1. The highest BCUT2D eigenvalue weighted by Gasteiger charge is 1.49. The molecule has 5 heavy (non-hydrogen) atoms. The fraction of sp³-hybridized carbons (Fsp3) is 0. The van der Waals surface area contributed by atoms with E-state index in [1.54, 1.807) is 5.70 Å². The summed E-state index contributed by atoms with van der Waals surface area (Å²) in [5.41, 5.74) is 1.57. The van der Waals surface area contributed by atoms with Crippen LogP contribution in [0.3, 0.4) is 0 Å². The Kier molecular flexibility index (Phi) is 16.2. The first-order chi connectivity index (χ1) is 1.91. The molecule has 0 aromatic heterocycles. The lowest BCUT2D eigenvalue weighted by Gasteiger charge is -1.57. The van der Waals surface area contributed by atoms with Crippen LogP contribution in [0, 0.1) is 0 Å². The van der Waals surface area contributed by atoms with Crippen molar-refractivity contribution < 1.29 is 4.80 Å². The van der Waals surface area contributed by atoms with Gasteiger partial charge in [-0.1, -0.05) is 5.70 Å². The van der Waals surface area contributed by atoms with E-state index in [-0.39, 0.29) is 23.1 Å². The van der Waals surface area contributed by atoms with Crippen molar-refractivity contribution in [3.8, 4) is 0 Å². The van der Waals surface area contributed by atoms with Crippen LogP contribution in [0.25, 0.3) is 0 Å². The monoisotopic (exact) mass is 100 g/mol. The van der Waals surface area contributed by atoms with Gasteiger partial charge in [-0.05, 0) is 0 Å². The van der Waals surface area contributed by atoms with Crippen LogP contribution in [-0.2, 0) is 0 Å². The molecule has 0 unspecified atom stereocenters. The zero-order chi connectivity index (χ0) is 3.41. The molecule has 1 N–H and O–H groups in total. The molecule has 0 radical (unpaired) electrons. The molecule has 0 saturated carbocycles. The van der Waals surface area contributed by atoms with Crippen LogP contribution in [0.15, 0.2) is 12.3 Å². The molecule has 0 aromatic rings. The Bertz CT molecular complexity index is 23.6. The standard InChI is InChI=1S/C2H6OSi.Mg.2H/c1-2-4-3;;;/h2-3H,1,4H2;;;. The smallest absolute Gasteiger partial charge is 0.316 e. The molecule has 0 aliphatic rings. The average Bonchev–Trinajstić information content (AvgIpc) is 1.37. The lowest BCUT2D eigenvalue weighted by molar-refractivity contribution is 0.614. The molecule has 0 aliphatic heterocycles. The third-order valence-electron chi connectivity index (χ3n) is 0.129. The Morgan fingerprint density at radius 2 is 2.00 bits per heavy atom. The summed E-state index contributed by atoms with van der Waals surface area (Å²) in [5, 5.41) is 0. The summed E-state index contributed by atoms with van der Waals surface area (Å²) in [6, 6.07) is 0. The van der Waals surface area contributed by atoms with E-state index in [0.717, 1.165) is 0 Å². The molecular weight excluding hydrogens is 92.4 g/mol. The minimum atomic E-state index is -0.812. The second-order valence-corrected chi connectivity index (χ2v) is 1.41. The van der Waals surface area contributed by atoms with Gasteiger partial charge in [0.15, 0.2) is 9.76 Å². The fourth-order valence-electron chi connectivity index (χ4n) is 0. The van der Waals surface area contributed by atoms with Gasteiger partial charge in [0.2, 0.25) is 0 Å². The summed E-state index contributed by atoms with van der Waals surface area (Å²) < 4.78 is 0. The lowest BCUT2D eigenvalue weighted by atomic mass is 11.3. The van der Waals surface area contributed by atoms with Crippen molar-refractivity contribution in [2.75, 3.05) is 0 Å². The topological polar surface area (TPSA) is 20.2 Å². The molecular formula is C2H8MgOSi. The van der Waals surface area contributed by atoms with E-state index in [1.165, 1.54) is 0 Å². The summed E-state index contributed by atoms with van der Waals surface area (Å²) in [4.78, 5) is 7.90. The molecule has 0 aliphatic carbocycles. The van der Waals surface area contributed by atoms with Gasteiger partial charge in [0.1, 0.15) is 0 Å². The lowest BCUT2D eigenvalue weighted by Crippen LogP contribution is -1.71. The Hall–Kier alpha value is 0.683. The molecule has 0 saturated heterocycles. The van der Waals surface area contributed by atoms with Crippen LogP contribution < -0.4 is 0 Å². The van der Waals surface area contributed by atoms with Gasteiger partial charge in [-0.15, -0.1) is 6.58 Å². The number of hydrogen-bond acceptors (Lipinski definition) is 1. The van der Waals surface area contributed by atoms with E-state index >= 15 is 0 Å². The SMILES string of the molecule is C=C[SiH2]O.[MgH2]. The predicted molar refractivity (Wildman–Crippen MR) is 29.5 cm³/mol. The van der Waals surface area contributed by atoms with Crippen molar-refractivity contribution in [3.63, 3.8) is 0 Å². The molecule has 28 valence electrons. The van der Waals surface area contributed by atoms with Gasteiger partial charge in [0.05, 0.1) is 0 Å². The highest BCUT2D eigenvalue weighted by molar-refractivity contribution is 6.32. The second-order valence-electron chi connectivity index (χ2n) is 0.471. The summed E-state index contributed by atoms with van der Waals surface area (Å²) in [6.07, 6.45) is 0. The third-order valence-corrected chi connectivity index (χ3v) is 0.387. The van der Waals surface area contributed by atoms with Crippen molar-refractivity contribution in [1.29, 1.82) is 0 Å². The molecule has 0 rings (SSSR count). The molecule has 0 amide bonds. The van der Waals surface area contributed by atoms with Crippen LogP contribution in [0.5, 0.6) is 0 Å². The molecule has 0 fully saturated rings. The van der Waals surface area contributed by atoms with Gasteiger partial charge in [0, 0.05) is 0 Å². The zero-order valence-corrected chi connectivity index (χ0v) is 3.85. The van der Waals surface area contributed by atoms with Gasteiger partial charge < -0.3 is 4.80 Å². The Labute approximate surface area is 50.2 Å². The molecule has 0 spiro atoms. The van der Waals surface area contributed by atoms with Crippen LogP contribution in [0.1, 0.15) is 0 Å². The maximum absolute atomic E-state index is 7.90. The van der Waals surface area contributed by atoms with Crippen molar-refractivity contribution >= 4 is 32.8 Å². The average molecular weight is 100 g/mol. The van der Waals surface area contributed by atoms with Crippen molar-refractivity contribution in [2.24, 2.45) is 0 Å². The Balaban J connectivity index is 0. The van der Waals surface area contributed by atoms with Gasteiger partial charge >= 0.3 is 23.1 Å². The van der Waals surface area contributed by atoms with Crippen LogP contribution in [0.2, 0.25) is 0 Å². The predicted octanol–water partition coefficient (Wildman–Crippen LogP) is -1.71. The van der Waals surface area contributed by atoms with Crippen LogP contribution in [-0.4, -0.2) is 37.6 Å². The molecule has 3 heteroatoms. The van der Waals surface area contributed by atoms with E-state index in [1.807, 2.05) is 0 Å². The summed E-state index contributed by atoms with van der Waals surface area (Å²) >= 11 is 0. The minimum absolute atomic E-state index is 0. The van der Waals surface area contributed by atoms with Gasteiger partial charge in [-0.2, -0.15) is 0 Å². The van der Waals surface area contributed by atoms with Gasteiger partial charge in [-0.3, -0.25) is 0 Å². The normalized spacial score (nSPS) is 7.40. The Morgan fingerprint density at radius 3 is 2.00 bits per heavy atom. The highest BCUT2D eigenvalue weighted by Crippen LogP contribution is 1.40. The minimum Gasteiger partial charge on any atom is -0.434 e. The molecule has 0 atom stereocenters. The molecule has 0 bridgehead atoms. The number of rotatable bonds is 1. The highest BCUT2D eigenvalue weighted by atomic mass is 28.2. The molecule has 0 heterocycles. The van der Waals surface area contributed by atoms with Crippen LogP contribution in [0.4, 0.5) is 0 Å². The van der Waals surface area contributed by atoms with E-state index in [0.29, 0.717) is 0 Å². The van der Waals surface area contributed by atoms with Crippen molar-refractivity contribution in [3.05, 3.63) is 12.3 Å². The first-order valence-corrected chi connectivity index (χ1v) is 2.58. The first-order valence-electron chi connectivity index (χ1n) is 1.13. The van der Waals surface area contributed by atoms with Gasteiger partial charge in [0.25, 0.3) is 0 Å². The second kappa shape index (κ2) is 8.82. The van der Waals surface area contributed by atoms with E-state index < -0.39 is 9.76 Å². The first kappa shape index (κ1) is 9.19. The van der Waals surface area contributed by atoms with E-state index in [2.05, 4.69) is 6.58 Å². The van der Waals surface area contributed by atoms with Gasteiger partial charge in [-0.25, -0.2) is 0 Å². The van der Waals surface area contributed by atoms with Crippen molar-refractivity contribution in [2.45, 2.75) is 0 Å². The third kappa shape index (κ3) is 11.9. The summed E-state index contributed by atoms with van der Waals surface area (Å²) in [7, 11) is -0.812. The van der Waals surface area contributed by atoms with E-state index in [9.17, 15) is 0 Å².